The predicted octanol–water partition coefficient (Wildman–Crippen LogP) is 4.14. The molecule has 1 spiro atoms. The summed E-state index contributed by atoms with van der Waals surface area (Å²) in [7, 11) is 0. The Morgan fingerprint density at radius 1 is 1.04 bits per heavy atom. The van der Waals surface area contributed by atoms with Crippen molar-refractivity contribution in [2.45, 2.75) is 78.2 Å². The van der Waals surface area contributed by atoms with Crippen LogP contribution in [-0.4, -0.2) is 17.9 Å². The number of hydrogen-bond donors (Lipinski definition) is 0. The van der Waals surface area contributed by atoms with Gasteiger partial charge in [0.15, 0.2) is 0 Å². The molecule has 0 radical (unpaired) electrons. The molecule has 3 heteroatoms. The number of carbonyl (C=O) groups excluding carboxylic acids is 2. The second kappa shape index (κ2) is 4.45. The second-order valence-electron chi connectivity index (χ2n) is 9.99. The zero-order valence-electron chi connectivity index (χ0n) is 15.3. The van der Waals surface area contributed by atoms with E-state index in [0.29, 0.717) is 28.4 Å². The van der Waals surface area contributed by atoms with E-state index < -0.39 is 0 Å². The summed E-state index contributed by atoms with van der Waals surface area (Å²) in [6.07, 6.45) is 9.33. The summed E-state index contributed by atoms with van der Waals surface area (Å²) < 4.78 is 5.72. The average molecular weight is 330 g/mol. The minimum Gasteiger partial charge on any atom is -0.462 e. The first kappa shape index (κ1) is 15.4. The molecule has 5 fully saturated rings. The van der Waals surface area contributed by atoms with Crippen LogP contribution in [-0.2, 0) is 14.3 Å². The number of rotatable bonds is 1. The molecule has 0 aromatic carbocycles. The van der Waals surface area contributed by atoms with E-state index in [1.54, 1.807) is 6.92 Å². The van der Waals surface area contributed by atoms with Crippen molar-refractivity contribution in [2.75, 3.05) is 0 Å². The van der Waals surface area contributed by atoms with Gasteiger partial charge in [0.2, 0.25) is 0 Å². The standard InChI is InChI=1S/C21H30O3/c1-12(22)24-17-5-4-14-13-6-11-21(15(13)7-9-19(14,17)2)18-16(23)8-10-20(18,21)3/h13-15,17-18H,4-11H2,1-3H3/t13-,14-,15-,17-,18?,19-,20+,21+/m0/s1. The third kappa shape index (κ3) is 1.52. The van der Waals surface area contributed by atoms with Crippen LogP contribution in [0.1, 0.15) is 72.1 Å². The predicted molar refractivity (Wildman–Crippen MR) is 90.1 cm³/mol. The molecule has 24 heavy (non-hydrogen) atoms. The minimum atomic E-state index is -0.123. The van der Waals surface area contributed by atoms with E-state index in [2.05, 4.69) is 13.8 Å². The molecule has 5 aliphatic carbocycles. The van der Waals surface area contributed by atoms with Crippen LogP contribution in [0.15, 0.2) is 0 Å². The molecule has 5 rings (SSSR count). The van der Waals surface area contributed by atoms with Gasteiger partial charge in [0, 0.05) is 24.7 Å². The zero-order valence-corrected chi connectivity index (χ0v) is 15.3. The van der Waals surface area contributed by atoms with Crippen LogP contribution in [0.25, 0.3) is 0 Å². The van der Waals surface area contributed by atoms with E-state index in [1.165, 1.54) is 32.1 Å². The highest BCUT2D eigenvalue weighted by Gasteiger charge is 2.83. The molecule has 0 bridgehead atoms. The molecule has 132 valence electrons. The molecule has 0 saturated heterocycles. The number of ketones is 1. The van der Waals surface area contributed by atoms with Crippen LogP contribution in [0, 0.1) is 39.9 Å². The van der Waals surface area contributed by atoms with Gasteiger partial charge in [0.25, 0.3) is 0 Å². The summed E-state index contributed by atoms with van der Waals surface area (Å²) in [6.45, 7) is 6.33. The third-order valence-corrected chi connectivity index (χ3v) is 9.56. The Bertz CT molecular complexity index is 627. The van der Waals surface area contributed by atoms with Gasteiger partial charge in [-0.25, -0.2) is 0 Å². The molecule has 0 N–H and O–H groups in total. The van der Waals surface area contributed by atoms with Crippen molar-refractivity contribution in [2.24, 2.45) is 39.9 Å². The summed E-state index contributed by atoms with van der Waals surface area (Å²) in [6, 6.07) is 0. The Labute approximate surface area is 144 Å². The Morgan fingerprint density at radius 3 is 2.50 bits per heavy atom. The van der Waals surface area contributed by atoms with Crippen molar-refractivity contribution >= 4 is 11.8 Å². The van der Waals surface area contributed by atoms with Crippen molar-refractivity contribution in [3.05, 3.63) is 0 Å². The molecule has 0 aliphatic heterocycles. The molecule has 0 aromatic rings. The quantitative estimate of drug-likeness (QED) is 0.679. The fourth-order valence-electron chi connectivity index (χ4n) is 8.67. The van der Waals surface area contributed by atoms with Gasteiger partial charge < -0.3 is 4.74 Å². The first-order valence-corrected chi connectivity index (χ1v) is 10.0. The Hall–Kier alpha value is -0.860. The number of Topliss-reactive ketones (excluding diaryl/α,β-unsaturated/α-hetero) is 1. The molecule has 1 unspecified atom stereocenters. The molecule has 3 nitrogen and oxygen atoms in total. The highest BCUT2D eigenvalue weighted by Crippen LogP contribution is 2.85. The summed E-state index contributed by atoms with van der Waals surface area (Å²) in [5.41, 5.74) is 0.853. The van der Waals surface area contributed by atoms with Crippen LogP contribution in [0.4, 0.5) is 0 Å². The maximum atomic E-state index is 12.5. The lowest BCUT2D eigenvalue weighted by molar-refractivity contribution is -0.155. The van der Waals surface area contributed by atoms with E-state index in [1.807, 2.05) is 0 Å². The molecule has 5 saturated carbocycles. The lowest BCUT2D eigenvalue weighted by atomic mass is 9.58. The van der Waals surface area contributed by atoms with Crippen LogP contribution in [0.5, 0.6) is 0 Å². The van der Waals surface area contributed by atoms with E-state index in [4.69, 9.17) is 4.74 Å². The SMILES string of the molecule is CC(=O)O[C@H]1CC[C@H]2[C@@H]3CC[C@]4(C5C(=O)CC[C@]54C)[C@H]3CC[C@]12C. The topological polar surface area (TPSA) is 43.4 Å². The van der Waals surface area contributed by atoms with Gasteiger partial charge in [-0.2, -0.15) is 0 Å². The summed E-state index contributed by atoms with van der Waals surface area (Å²) in [5, 5.41) is 0. The molecular formula is C21H30O3. The lowest BCUT2D eigenvalue weighted by Crippen LogP contribution is -2.44. The average Bonchev–Trinajstić information content (AvgIpc) is 2.86. The fourth-order valence-corrected chi connectivity index (χ4v) is 8.67. The van der Waals surface area contributed by atoms with E-state index in [-0.39, 0.29) is 17.5 Å². The molecule has 5 aliphatic rings. The molecule has 8 atom stereocenters. The van der Waals surface area contributed by atoms with Crippen LogP contribution in [0.2, 0.25) is 0 Å². The minimum absolute atomic E-state index is 0.119. The number of fused-ring (bicyclic) bond motifs is 7. The zero-order chi connectivity index (χ0) is 16.9. The first-order valence-electron chi connectivity index (χ1n) is 10.0. The van der Waals surface area contributed by atoms with Crippen molar-refractivity contribution < 1.29 is 14.3 Å². The summed E-state index contributed by atoms with van der Waals surface area (Å²) in [4.78, 5) is 24.0. The number of hydrogen-bond acceptors (Lipinski definition) is 3. The second-order valence-corrected chi connectivity index (χ2v) is 9.99. The Kier molecular flexibility index (Phi) is 2.86. The van der Waals surface area contributed by atoms with Gasteiger partial charge >= 0.3 is 5.97 Å². The van der Waals surface area contributed by atoms with Crippen molar-refractivity contribution in [1.82, 2.24) is 0 Å². The summed E-state index contributed by atoms with van der Waals surface area (Å²) >= 11 is 0. The number of ether oxygens (including phenoxy) is 1. The molecule has 0 heterocycles. The van der Waals surface area contributed by atoms with E-state index >= 15 is 0 Å². The van der Waals surface area contributed by atoms with Crippen molar-refractivity contribution in [1.29, 1.82) is 0 Å². The van der Waals surface area contributed by atoms with Crippen molar-refractivity contribution in [3.63, 3.8) is 0 Å². The first-order chi connectivity index (χ1) is 11.3. The van der Waals surface area contributed by atoms with E-state index in [9.17, 15) is 9.59 Å². The Balaban J connectivity index is 1.43. The van der Waals surface area contributed by atoms with E-state index in [0.717, 1.165) is 31.1 Å². The molecular weight excluding hydrogens is 300 g/mol. The fraction of sp³-hybridized carbons (Fsp3) is 0.905. The van der Waals surface area contributed by atoms with Crippen LogP contribution in [0.3, 0.4) is 0 Å². The largest absolute Gasteiger partial charge is 0.462 e. The van der Waals surface area contributed by atoms with Gasteiger partial charge in [0.1, 0.15) is 11.9 Å². The van der Waals surface area contributed by atoms with Gasteiger partial charge in [0.05, 0.1) is 0 Å². The van der Waals surface area contributed by atoms with Crippen LogP contribution < -0.4 is 0 Å². The van der Waals surface area contributed by atoms with Crippen molar-refractivity contribution in [3.8, 4) is 0 Å². The third-order valence-electron chi connectivity index (χ3n) is 9.56. The van der Waals surface area contributed by atoms with Gasteiger partial charge in [-0.15, -0.1) is 0 Å². The lowest BCUT2D eigenvalue weighted by Gasteiger charge is -2.47. The monoisotopic (exact) mass is 330 g/mol. The normalized spacial score (nSPS) is 57.6. The Morgan fingerprint density at radius 2 is 1.83 bits per heavy atom. The number of carbonyl (C=O) groups is 2. The molecule has 0 amide bonds. The highest BCUT2D eigenvalue weighted by atomic mass is 16.5. The molecule has 0 aromatic heterocycles. The van der Waals surface area contributed by atoms with Crippen LogP contribution >= 0.6 is 0 Å². The van der Waals surface area contributed by atoms with Gasteiger partial charge in [-0.3, -0.25) is 9.59 Å². The van der Waals surface area contributed by atoms with Gasteiger partial charge in [-0.05, 0) is 73.5 Å². The smallest absolute Gasteiger partial charge is 0.302 e. The summed E-state index contributed by atoms with van der Waals surface area (Å²) in [5.74, 6) is 3.04. The maximum Gasteiger partial charge on any atom is 0.302 e. The highest BCUT2D eigenvalue weighted by molar-refractivity contribution is 5.90. The van der Waals surface area contributed by atoms with Gasteiger partial charge in [-0.1, -0.05) is 13.8 Å². The maximum absolute atomic E-state index is 12.5. The number of esters is 1.